The summed E-state index contributed by atoms with van der Waals surface area (Å²) in [6, 6.07) is 9.48. The number of hydrogen-bond donors (Lipinski definition) is 0. The van der Waals surface area contributed by atoms with Gasteiger partial charge in [0.05, 0.1) is 32.6 Å². The Hall–Kier alpha value is -2.41. The molecule has 1 amide bonds. The van der Waals surface area contributed by atoms with Gasteiger partial charge in [-0.1, -0.05) is 25.1 Å². The van der Waals surface area contributed by atoms with Gasteiger partial charge in [-0.25, -0.2) is 0 Å². The van der Waals surface area contributed by atoms with Gasteiger partial charge in [0.15, 0.2) is 0 Å². The van der Waals surface area contributed by atoms with Gasteiger partial charge in [0, 0.05) is 31.7 Å². The van der Waals surface area contributed by atoms with Crippen LogP contribution in [0, 0.1) is 0 Å². The van der Waals surface area contributed by atoms with Crippen LogP contribution < -0.4 is 4.90 Å². The van der Waals surface area contributed by atoms with Crippen molar-refractivity contribution in [3.63, 3.8) is 0 Å². The van der Waals surface area contributed by atoms with E-state index in [0.717, 1.165) is 5.69 Å². The molecule has 0 aromatic heterocycles. The minimum Gasteiger partial charge on any atom is -0.469 e. The Balaban J connectivity index is 2.26. The fourth-order valence-corrected chi connectivity index (χ4v) is 3.78. The van der Waals surface area contributed by atoms with Crippen LogP contribution in [0.5, 0.6) is 0 Å². The van der Waals surface area contributed by atoms with Crippen molar-refractivity contribution in [2.24, 2.45) is 0 Å². The third kappa shape index (κ3) is 5.32. The van der Waals surface area contributed by atoms with Crippen molar-refractivity contribution < 1.29 is 23.9 Å². The Labute approximate surface area is 166 Å². The van der Waals surface area contributed by atoms with Crippen LogP contribution in [-0.4, -0.2) is 62.1 Å². The number of methoxy groups -OCH3 is 2. The first-order valence-electron chi connectivity index (χ1n) is 9.70. The number of piperidine rings is 1. The van der Waals surface area contributed by atoms with Crippen molar-refractivity contribution in [3.05, 3.63) is 30.3 Å². The smallest absolute Gasteiger partial charge is 0.307 e. The number of hydrogen-bond acceptors (Lipinski definition) is 6. The van der Waals surface area contributed by atoms with Gasteiger partial charge in [0.25, 0.3) is 0 Å². The fraction of sp³-hybridized carbons (Fsp3) is 0.571. The van der Waals surface area contributed by atoms with E-state index >= 15 is 0 Å². The number of ether oxygens (including phenoxy) is 2. The zero-order chi connectivity index (χ0) is 20.6. The number of esters is 2. The maximum absolute atomic E-state index is 12.9. The number of para-hydroxylation sites is 1. The molecule has 1 fully saturated rings. The van der Waals surface area contributed by atoms with Crippen molar-refractivity contribution in [1.82, 2.24) is 4.90 Å². The monoisotopic (exact) mass is 390 g/mol. The van der Waals surface area contributed by atoms with Crippen LogP contribution in [0.3, 0.4) is 0 Å². The molecular weight excluding hydrogens is 360 g/mol. The molecular formula is C21H30N2O5. The molecule has 2 rings (SSSR count). The molecule has 0 atom stereocenters. The van der Waals surface area contributed by atoms with E-state index in [1.54, 1.807) is 4.90 Å². The van der Waals surface area contributed by atoms with Crippen LogP contribution in [0.4, 0.5) is 5.69 Å². The largest absolute Gasteiger partial charge is 0.469 e. The van der Waals surface area contributed by atoms with Crippen LogP contribution in [0.25, 0.3) is 0 Å². The summed E-state index contributed by atoms with van der Waals surface area (Å²) in [6.45, 7) is 3.81. The molecule has 0 N–H and O–H groups in total. The fourth-order valence-electron chi connectivity index (χ4n) is 3.78. The lowest BCUT2D eigenvalue weighted by molar-refractivity contribution is -0.142. The van der Waals surface area contributed by atoms with E-state index < -0.39 is 5.54 Å². The summed E-state index contributed by atoms with van der Waals surface area (Å²) in [5, 5.41) is 0. The van der Waals surface area contributed by atoms with E-state index in [-0.39, 0.29) is 24.3 Å². The highest BCUT2D eigenvalue weighted by atomic mass is 16.5. The minimum absolute atomic E-state index is 0.0156. The van der Waals surface area contributed by atoms with Crippen molar-refractivity contribution in [3.8, 4) is 0 Å². The minimum atomic E-state index is -0.636. The number of amides is 1. The molecule has 7 nitrogen and oxygen atoms in total. The molecule has 1 aliphatic rings. The predicted molar refractivity (Wildman–Crippen MR) is 106 cm³/mol. The van der Waals surface area contributed by atoms with Crippen molar-refractivity contribution >= 4 is 23.5 Å². The quantitative estimate of drug-likeness (QED) is 0.635. The summed E-state index contributed by atoms with van der Waals surface area (Å²) in [7, 11) is 2.75. The lowest BCUT2D eigenvalue weighted by atomic mass is 9.81. The summed E-state index contributed by atoms with van der Waals surface area (Å²) in [4.78, 5) is 40.5. The maximum atomic E-state index is 12.9. The van der Waals surface area contributed by atoms with Crippen LogP contribution in [0.15, 0.2) is 30.3 Å². The first kappa shape index (κ1) is 21.9. The molecule has 0 bridgehead atoms. The first-order valence-corrected chi connectivity index (χ1v) is 9.70. The van der Waals surface area contributed by atoms with Gasteiger partial charge < -0.3 is 19.3 Å². The Morgan fingerprint density at radius 1 is 1.04 bits per heavy atom. The zero-order valence-corrected chi connectivity index (χ0v) is 17.0. The highest BCUT2D eigenvalue weighted by molar-refractivity contribution is 5.95. The van der Waals surface area contributed by atoms with Gasteiger partial charge in [-0.15, -0.1) is 0 Å². The third-order valence-corrected chi connectivity index (χ3v) is 5.39. The van der Waals surface area contributed by atoms with Gasteiger partial charge >= 0.3 is 11.9 Å². The van der Waals surface area contributed by atoms with Gasteiger partial charge in [0.2, 0.25) is 5.91 Å². The second-order valence-corrected chi connectivity index (χ2v) is 7.06. The zero-order valence-electron chi connectivity index (χ0n) is 17.0. The molecule has 0 unspecified atom stereocenters. The number of nitrogens with zero attached hydrogens (tertiary/aromatic N) is 2. The summed E-state index contributed by atoms with van der Waals surface area (Å²) >= 11 is 0. The second kappa shape index (κ2) is 10.2. The number of benzene rings is 1. The normalized spacial score (nSPS) is 16.2. The van der Waals surface area contributed by atoms with E-state index in [2.05, 4.69) is 4.90 Å². The van der Waals surface area contributed by atoms with Gasteiger partial charge in [0.1, 0.15) is 0 Å². The van der Waals surface area contributed by atoms with Crippen LogP contribution >= 0.6 is 0 Å². The highest BCUT2D eigenvalue weighted by Crippen LogP contribution is 2.37. The molecule has 1 saturated heterocycles. The average molecular weight is 390 g/mol. The molecule has 28 heavy (non-hydrogen) atoms. The Morgan fingerprint density at radius 3 is 2.18 bits per heavy atom. The summed E-state index contributed by atoms with van der Waals surface area (Å²) < 4.78 is 9.66. The molecule has 0 radical (unpaired) electrons. The molecule has 1 aliphatic heterocycles. The van der Waals surface area contributed by atoms with E-state index in [0.29, 0.717) is 45.3 Å². The van der Waals surface area contributed by atoms with Gasteiger partial charge in [-0.3, -0.25) is 14.4 Å². The Kier molecular flexibility index (Phi) is 7.99. The second-order valence-electron chi connectivity index (χ2n) is 7.06. The molecule has 1 aromatic carbocycles. The SMILES string of the molecule is CCC(=O)N(c1ccccc1)C1(CC(=O)OC)CCN(CCC(=O)OC)CC1. The number of likely N-dealkylation sites (tertiary alicyclic amines) is 1. The third-order valence-electron chi connectivity index (χ3n) is 5.39. The number of rotatable bonds is 8. The van der Waals surface area contributed by atoms with E-state index in [4.69, 9.17) is 9.47 Å². The van der Waals surface area contributed by atoms with Gasteiger partial charge in [-0.2, -0.15) is 0 Å². The van der Waals surface area contributed by atoms with Gasteiger partial charge in [-0.05, 0) is 25.0 Å². The lowest BCUT2D eigenvalue weighted by Crippen LogP contribution is -2.59. The van der Waals surface area contributed by atoms with Crippen molar-refractivity contribution in [2.45, 2.75) is 44.6 Å². The molecule has 0 aliphatic carbocycles. The van der Waals surface area contributed by atoms with Crippen molar-refractivity contribution in [1.29, 1.82) is 0 Å². The van der Waals surface area contributed by atoms with Crippen LogP contribution in [0.1, 0.15) is 39.0 Å². The standard InChI is InChI=1S/C21H30N2O5/c1-4-18(24)23(17-8-6-5-7-9-17)21(16-20(26)28-3)11-14-22(15-12-21)13-10-19(25)27-2/h5-9H,4,10-16H2,1-3H3. The van der Waals surface area contributed by atoms with E-state index in [1.807, 2.05) is 37.3 Å². The Morgan fingerprint density at radius 2 is 1.64 bits per heavy atom. The first-order chi connectivity index (χ1) is 13.5. The highest BCUT2D eigenvalue weighted by Gasteiger charge is 2.44. The molecule has 0 saturated carbocycles. The maximum Gasteiger partial charge on any atom is 0.307 e. The summed E-state index contributed by atoms with van der Waals surface area (Å²) in [5.74, 6) is -0.579. The van der Waals surface area contributed by atoms with Crippen LogP contribution in [-0.2, 0) is 23.9 Å². The Bertz CT molecular complexity index is 669. The number of carbonyl (C=O) groups is 3. The average Bonchev–Trinajstić information content (AvgIpc) is 2.73. The summed E-state index contributed by atoms with van der Waals surface area (Å²) in [5.41, 5.74) is 0.157. The van der Waals surface area contributed by atoms with Crippen molar-refractivity contribution in [2.75, 3.05) is 38.8 Å². The van der Waals surface area contributed by atoms with E-state index in [1.165, 1.54) is 14.2 Å². The van der Waals surface area contributed by atoms with E-state index in [9.17, 15) is 14.4 Å². The molecule has 1 aromatic rings. The number of carbonyl (C=O) groups excluding carboxylic acids is 3. The molecule has 154 valence electrons. The van der Waals surface area contributed by atoms with Crippen LogP contribution in [0.2, 0.25) is 0 Å². The molecule has 0 spiro atoms. The topological polar surface area (TPSA) is 76.2 Å². The predicted octanol–water partition coefficient (Wildman–Crippen LogP) is 2.39. The molecule has 1 heterocycles. The molecule has 7 heteroatoms. The number of anilines is 1. The summed E-state index contributed by atoms with van der Waals surface area (Å²) in [6.07, 6.45) is 2.09. The lowest BCUT2D eigenvalue weighted by Gasteiger charge is -2.48.